The Balaban J connectivity index is 1.74. The van der Waals surface area contributed by atoms with E-state index in [0.29, 0.717) is 44.5 Å². The highest BCUT2D eigenvalue weighted by atomic mass is 19.4. The molecule has 2 aliphatic rings. The molecule has 168 valence electrons. The van der Waals surface area contributed by atoms with Gasteiger partial charge in [0.05, 0.1) is 19.1 Å². The normalized spacial score (nSPS) is 22.5. The van der Waals surface area contributed by atoms with E-state index in [0.717, 1.165) is 0 Å². The summed E-state index contributed by atoms with van der Waals surface area (Å²) in [4.78, 5) is 28.6. The first-order valence-electron chi connectivity index (χ1n) is 10.1. The van der Waals surface area contributed by atoms with Gasteiger partial charge in [-0.25, -0.2) is 4.79 Å². The summed E-state index contributed by atoms with van der Waals surface area (Å²) in [6.45, 7) is 1.51. The van der Waals surface area contributed by atoms with Crippen LogP contribution in [0.25, 0.3) is 0 Å². The van der Waals surface area contributed by atoms with Crippen molar-refractivity contribution in [3.8, 4) is 11.8 Å². The lowest BCUT2D eigenvalue weighted by molar-refractivity contribution is -0.274. The van der Waals surface area contributed by atoms with E-state index in [9.17, 15) is 22.8 Å². The molecule has 2 heterocycles. The largest absolute Gasteiger partial charge is 0.573 e. The predicted octanol–water partition coefficient (Wildman–Crippen LogP) is 3.52. The number of ether oxygens (including phenoxy) is 2. The quantitative estimate of drug-likeness (QED) is 0.673. The summed E-state index contributed by atoms with van der Waals surface area (Å²) in [6.07, 6.45) is -3.13. The Labute approximate surface area is 178 Å². The van der Waals surface area contributed by atoms with Gasteiger partial charge in [0.25, 0.3) is 0 Å². The molecule has 2 fully saturated rings. The lowest BCUT2D eigenvalue weighted by Crippen LogP contribution is -2.52. The average molecular weight is 439 g/mol. The van der Waals surface area contributed by atoms with Crippen LogP contribution in [0.3, 0.4) is 0 Å². The number of nitrogens with zero attached hydrogens (tertiary/aromatic N) is 3. The molecule has 3 rings (SSSR count). The predicted molar refractivity (Wildman–Crippen MR) is 103 cm³/mol. The van der Waals surface area contributed by atoms with Gasteiger partial charge in [0, 0.05) is 38.0 Å². The Hall–Kier alpha value is -2.96. The number of nitriles is 1. The summed E-state index contributed by atoms with van der Waals surface area (Å²) in [5.74, 6) is -1.58. The zero-order valence-corrected chi connectivity index (χ0v) is 17.1. The zero-order chi connectivity index (χ0) is 22.6. The standard InChI is InChI=1S/C21H24F3N3O4/c1-30-19(28)17-10-16(15-2-4-18(5-3-15)31-21(22,23)24)12-27(13-17)20(29)26-8-6-14(11-25)7-9-26/h2-5,14,16-17H,6-10,12-13H2,1H3. The van der Waals surface area contributed by atoms with Gasteiger partial charge in [0.15, 0.2) is 0 Å². The van der Waals surface area contributed by atoms with Gasteiger partial charge in [-0.15, -0.1) is 13.2 Å². The average Bonchev–Trinajstić information content (AvgIpc) is 2.77. The van der Waals surface area contributed by atoms with E-state index >= 15 is 0 Å². The van der Waals surface area contributed by atoms with Crippen molar-refractivity contribution in [2.75, 3.05) is 33.3 Å². The molecule has 0 saturated carbocycles. The zero-order valence-electron chi connectivity index (χ0n) is 17.1. The summed E-state index contributed by atoms with van der Waals surface area (Å²) in [5, 5.41) is 9.04. The van der Waals surface area contributed by atoms with Gasteiger partial charge in [0.2, 0.25) is 0 Å². The minimum Gasteiger partial charge on any atom is -0.469 e. The number of hydrogen-bond donors (Lipinski definition) is 0. The maximum absolute atomic E-state index is 13.1. The van der Waals surface area contributed by atoms with Crippen LogP contribution in [-0.2, 0) is 9.53 Å². The van der Waals surface area contributed by atoms with Crippen molar-refractivity contribution in [3.63, 3.8) is 0 Å². The van der Waals surface area contributed by atoms with Crippen molar-refractivity contribution >= 4 is 12.0 Å². The number of methoxy groups -OCH3 is 1. The molecule has 2 aliphatic heterocycles. The van der Waals surface area contributed by atoms with Crippen molar-refractivity contribution in [1.29, 1.82) is 5.26 Å². The fourth-order valence-electron chi connectivity index (χ4n) is 4.18. The number of hydrogen-bond acceptors (Lipinski definition) is 5. The van der Waals surface area contributed by atoms with Crippen LogP contribution in [0.5, 0.6) is 5.75 Å². The molecule has 0 aliphatic carbocycles. The monoisotopic (exact) mass is 439 g/mol. The topological polar surface area (TPSA) is 82.9 Å². The summed E-state index contributed by atoms with van der Waals surface area (Å²) < 4.78 is 46.0. The second kappa shape index (κ2) is 9.45. The number of urea groups is 1. The van der Waals surface area contributed by atoms with Crippen LogP contribution in [0.2, 0.25) is 0 Å². The van der Waals surface area contributed by atoms with Crippen molar-refractivity contribution in [2.45, 2.75) is 31.5 Å². The molecule has 1 aromatic carbocycles. The maximum Gasteiger partial charge on any atom is 0.573 e. The molecule has 2 saturated heterocycles. The number of carbonyl (C=O) groups excluding carboxylic acids is 2. The Morgan fingerprint density at radius 2 is 1.74 bits per heavy atom. The molecule has 2 unspecified atom stereocenters. The van der Waals surface area contributed by atoms with Crippen LogP contribution >= 0.6 is 0 Å². The molecule has 0 bridgehead atoms. The van der Waals surface area contributed by atoms with Crippen LogP contribution in [0.4, 0.5) is 18.0 Å². The number of amides is 2. The number of piperidine rings is 2. The van der Waals surface area contributed by atoms with E-state index in [2.05, 4.69) is 10.8 Å². The smallest absolute Gasteiger partial charge is 0.469 e. The highest BCUT2D eigenvalue weighted by Gasteiger charge is 2.37. The van der Waals surface area contributed by atoms with Crippen molar-refractivity contribution in [1.82, 2.24) is 9.80 Å². The van der Waals surface area contributed by atoms with Gasteiger partial charge in [-0.2, -0.15) is 5.26 Å². The SMILES string of the molecule is COC(=O)C1CC(c2ccc(OC(F)(F)F)cc2)CN(C(=O)N2CCC(C#N)CC2)C1. The lowest BCUT2D eigenvalue weighted by atomic mass is 9.84. The third kappa shape index (κ3) is 5.81. The first-order chi connectivity index (χ1) is 14.7. The molecular weight excluding hydrogens is 415 g/mol. The van der Waals surface area contributed by atoms with E-state index in [4.69, 9.17) is 10.00 Å². The van der Waals surface area contributed by atoms with Gasteiger partial charge in [-0.05, 0) is 37.0 Å². The Kier molecular flexibility index (Phi) is 6.93. The van der Waals surface area contributed by atoms with E-state index in [1.54, 1.807) is 9.80 Å². The molecule has 2 amide bonds. The molecular formula is C21H24F3N3O4. The summed E-state index contributed by atoms with van der Waals surface area (Å²) in [6, 6.07) is 7.52. The van der Waals surface area contributed by atoms with Crippen LogP contribution in [0, 0.1) is 23.2 Å². The van der Waals surface area contributed by atoms with Gasteiger partial charge in [-0.3, -0.25) is 4.79 Å². The molecule has 0 radical (unpaired) electrons. The number of benzene rings is 1. The Morgan fingerprint density at radius 1 is 1.10 bits per heavy atom. The third-order valence-electron chi connectivity index (χ3n) is 5.79. The highest BCUT2D eigenvalue weighted by Crippen LogP contribution is 2.33. The van der Waals surface area contributed by atoms with E-state index in [-0.39, 0.29) is 30.2 Å². The van der Waals surface area contributed by atoms with Crippen LogP contribution in [0.15, 0.2) is 24.3 Å². The van der Waals surface area contributed by atoms with Crippen LogP contribution in [0.1, 0.15) is 30.7 Å². The molecule has 10 heteroatoms. The summed E-state index contributed by atoms with van der Waals surface area (Å²) in [7, 11) is 1.29. The summed E-state index contributed by atoms with van der Waals surface area (Å²) in [5.41, 5.74) is 0.712. The minimum atomic E-state index is -4.77. The van der Waals surface area contributed by atoms with Gasteiger partial charge < -0.3 is 19.3 Å². The van der Waals surface area contributed by atoms with Gasteiger partial charge in [0.1, 0.15) is 5.75 Å². The lowest BCUT2D eigenvalue weighted by Gasteiger charge is -2.40. The van der Waals surface area contributed by atoms with Crippen molar-refractivity contribution < 1.29 is 32.2 Å². The molecule has 7 nitrogen and oxygen atoms in total. The molecule has 1 aromatic rings. The fourth-order valence-corrected chi connectivity index (χ4v) is 4.18. The number of halogens is 3. The molecule has 2 atom stereocenters. The summed E-state index contributed by atoms with van der Waals surface area (Å²) >= 11 is 0. The third-order valence-corrected chi connectivity index (χ3v) is 5.79. The first kappa shape index (κ1) is 22.7. The first-order valence-corrected chi connectivity index (χ1v) is 10.1. The number of alkyl halides is 3. The van der Waals surface area contributed by atoms with Gasteiger partial charge in [-0.1, -0.05) is 12.1 Å². The number of likely N-dealkylation sites (tertiary alicyclic amines) is 2. The maximum atomic E-state index is 13.1. The fraction of sp³-hybridized carbons (Fsp3) is 0.571. The molecule has 31 heavy (non-hydrogen) atoms. The van der Waals surface area contributed by atoms with E-state index in [1.807, 2.05) is 0 Å². The van der Waals surface area contributed by atoms with Crippen molar-refractivity contribution in [2.24, 2.45) is 11.8 Å². The van der Waals surface area contributed by atoms with Crippen molar-refractivity contribution in [3.05, 3.63) is 29.8 Å². The number of esters is 1. The Morgan fingerprint density at radius 3 is 2.29 bits per heavy atom. The minimum absolute atomic E-state index is 0.0570. The molecule has 0 spiro atoms. The molecule has 0 N–H and O–H groups in total. The number of rotatable bonds is 3. The van der Waals surface area contributed by atoms with Crippen LogP contribution in [-0.4, -0.2) is 61.5 Å². The van der Waals surface area contributed by atoms with E-state index < -0.39 is 18.2 Å². The second-order valence-electron chi connectivity index (χ2n) is 7.85. The van der Waals surface area contributed by atoms with Gasteiger partial charge >= 0.3 is 18.4 Å². The second-order valence-corrected chi connectivity index (χ2v) is 7.85. The highest BCUT2D eigenvalue weighted by molar-refractivity contribution is 5.77. The van der Waals surface area contributed by atoms with Crippen LogP contribution < -0.4 is 4.74 Å². The molecule has 0 aromatic heterocycles. The number of carbonyl (C=O) groups is 2. The Bertz CT molecular complexity index is 830. The van der Waals surface area contributed by atoms with E-state index in [1.165, 1.54) is 31.4 Å².